The van der Waals surface area contributed by atoms with Crippen molar-refractivity contribution in [3.05, 3.63) is 39.9 Å². The standard InChI is InChI=1S/C18H28N4O3S.HI/c1-26-12-2-11-19-18(21-15-5-9-17(23)10-6-15)20-13-14-3-7-16(8-4-14)22(24)25;/h3-4,7-8,15,17,23H,2,5-6,9-13H2,1H3,(H2,19,20,21);1H. The van der Waals surface area contributed by atoms with Crippen molar-refractivity contribution in [2.75, 3.05) is 18.6 Å². The highest BCUT2D eigenvalue weighted by atomic mass is 127. The van der Waals surface area contributed by atoms with E-state index in [0.29, 0.717) is 12.6 Å². The summed E-state index contributed by atoms with van der Waals surface area (Å²) in [5, 5.41) is 27.2. The second kappa shape index (κ2) is 13.2. The molecule has 0 spiro atoms. The van der Waals surface area contributed by atoms with Gasteiger partial charge in [0, 0.05) is 24.7 Å². The van der Waals surface area contributed by atoms with Gasteiger partial charge in [-0.15, -0.1) is 24.0 Å². The Morgan fingerprint density at radius 1 is 1.30 bits per heavy atom. The van der Waals surface area contributed by atoms with Gasteiger partial charge < -0.3 is 15.7 Å². The maximum Gasteiger partial charge on any atom is 0.269 e. The van der Waals surface area contributed by atoms with E-state index in [-0.39, 0.29) is 35.8 Å². The lowest BCUT2D eigenvalue weighted by atomic mass is 9.93. The molecule has 0 unspecified atom stereocenters. The molecule has 152 valence electrons. The van der Waals surface area contributed by atoms with E-state index < -0.39 is 4.92 Å². The van der Waals surface area contributed by atoms with Crippen molar-refractivity contribution in [3.8, 4) is 0 Å². The minimum Gasteiger partial charge on any atom is -0.393 e. The third kappa shape index (κ3) is 9.11. The second-order valence-corrected chi connectivity index (χ2v) is 7.50. The van der Waals surface area contributed by atoms with Gasteiger partial charge >= 0.3 is 0 Å². The van der Waals surface area contributed by atoms with E-state index >= 15 is 0 Å². The summed E-state index contributed by atoms with van der Waals surface area (Å²) in [6.07, 6.45) is 6.48. The van der Waals surface area contributed by atoms with Gasteiger partial charge in [0.25, 0.3) is 5.69 Å². The second-order valence-electron chi connectivity index (χ2n) is 6.51. The Kier molecular flexibility index (Phi) is 11.7. The molecule has 0 heterocycles. The fourth-order valence-electron chi connectivity index (χ4n) is 2.88. The van der Waals surface area contributed by atoms with Gasteiger partial charge in [-0.3, -0.25) is 10.1 Å². The van der Waals surface area contributed by atoms with Gasteiger partial charge in [-0.25, -0.2) is 4.99 Å². The van der Waals surface area contributed by atoms with Crippen LogP contribution in [0.3, 0.4) is 0 Å². The third-order valence-electron chi connectivity index (χ3n) is 4.42. The zero-order valence-electron chi connectivity index (χ0n) is 15.6. The van der Waals surface area contributed by atoms with Crippen molar-refractivity contribution in [1.82, 2.24) is 10.6 Å². The van der Waals surface area contributed by atoms with E-state index in [1.165, 1.54) is 12.1 Å². The molecule has 0 aliphatic heterocycles. The Balaban J connectivity index is 0.00000364. The van der Waals surface area contributed by atoms with Crippen LogP contribution in [-0.4, -0.2) is 46.7 Å². The molecule has 0 amide bonds. The first-order valence-electron chi connectivity index (χ1n) is 9.03. The van der Waals surface area contributed by atoms with Crippen LogP contribution in [0.1, 0.15) is 37.7 Å². The van der Waals surface area contributed by atoms with E-state index in [1.54, 1.807) is 12.1 Å². The minimum absolute atomic E-state index is 0. The smallest absolute Gasteiger partial charge is 0.269 e. The first-order chi connectivity index (χ1) is 12.6. The SMILES string of the molecule is CSCCCNC(=NCc1ccc([N+](=O)[O-])cc1)NC1CCC(O)CC1.I. The van der Waals surface area contributed by atoms with Gasteiger partial charge in [-0.2, -0.15) is 11.8 Å². The molecule has 0 saturated heterocycles. The van der Waals surface area contributed by atoms with Crippen molar-refractivity contribution < 1.29 is 10.0 Å². The minimum atomic E-state index is -0.398. The average Bonchev–Trinajstić information content (AvgIpc) is 2.65. The Labute approximate surface area is 182 Å². The van der Waals surface area contributed by atoms with Gasteiger partial charge in [0.1, 0.15) is 0 Å². The normalized spacial score (nSPS) is 19.9. The molecule has 1 aliphatic rings. The number of nitro groups is 1. The molecule has 0 bridgehead atoms. The van der Waals surface area contributed by atoms with E-state index in [0.717, 1.165) is 55.9 Å². The molecule has 1 aliphatic carbocycles. The van der Waals surface area contributed by atoms with Crippen molar-refractivity contribution in [2.24, 2.45) is 4.99 Å². The fraction of sp³-hybridized carbons (Fsp3) is 0.611. The largest absolute Gasteiger partial charge is 0.393 e. The Morgan fingerprint density at radius 3 is 2.56 bits per heavy atom. The van der Waals surface area contributed by atoms with E-state index in [9.17, 15) is 15.2 Å². The van der Waals surface area contributed by atoms with Crippen LogP contribution < -0.4 is 10.6 Å². The van der Waals surface area contributed by atoms with Crippen LogP contribution in [0.25, 0.3) is 0 Å². The average molecular weight is 508 g/mol. The molecule has 0 atom stereocenters. The highest BCUT2D eigenvalue weighted by Crippen LogP contribution is 2.18. The molecule has 27 heavy (non-hydrogen) atoms. The molecular weight excluding hydrogens is 479 g/mol. The molecule has 3 N–H and O–H groups in total. The number of nitro benzene ring substituents is 1. The van der Waals surface area contributed by atoms with Crippen molar-refractivity contribution in [2.45, 2.75) is 50.8 Å². The van der Waals surface area contributed by atoms with Gasteiger partial charge in [0.05, 0.1) is 17.6 Å². The van der Waals surface area contributed by atoms with Crippen LogP contribution >= 0.6 is 35.7 Å². The summed E-state index contributed by atoms with van der Waals surface area (Å²) < 4.78 is 0. The summed E-state index contributed by atoms with van der Waals surface area (Å²) in [4.78, 5) is 15.0. The number of nitrogens with zero attached hydrogens (tertiary/aromatic N) is 2. The fourth-order valence-corrected chi connectivity index (χ4v) is 3.32. The van der Waals surface area contributed by atoms with Crippen LogP contribution in [0, 0.1) is 10.1 Å². The zero-order chi connectivity index (χ0) is 18.8. The van der Waals surface area contributed by atoms with Gasteiger partial charge in [-0.1, -0.05) is 12.1 Å². The number of halogens is 1. The number of benzene rings is 1. The first-order valence-corrected chi connectivity index (χ1v) is 10.4. The quantitative estimate of drug-likeness (QED) is 0.125. The zero-order valence-corrected chi connectivity index (χ0v) is 18.7. The van der Waals surface area contributed by atoms with Gasteiger partial charge in [-0.05, 0) is 49.7 Å². The summed E-state index contributed by atoms with van der Waals surface area (Å²) in [5.74, 6) is 1.86. The lowest BCUT2D eigenvalue weighted by Gasteiger charge is -2.27. The topological polar surface area (TPSA) is 99.8 Å². The van der Waals surface area contributed by atoms with Crippen LogP contribution in [0.5, 0.6) is 0 Å². The first kappa shape index (κ1) is 24.0. The molecule has 1 aromatic rings. The summed E-state index contributed by atoms with van der Waals surface area (Å²) in [5.41, 5.74) is 1.02. The number of non-ortho nitro benzene ring substituents is 1. The molecule has 9 heteroatoms. The predicted molar refractivity (Wildman–Crippen MR) is 122 cm³/mol. The van der Waals surface area contributed by atoms with Crippen LogP contribution in [0.15, 0.2) is 29.3 Å². The Morgan fingerprint density at radius 2 is 1.96 bits per heavy atom. The number of rotatable bonds is 8. The maximum atomic E-state index is 10.7. The Hall–Kier alpha value is -1.07. The lowest BCUT2D eigenvalue weighted by Crippen LogP contribution is -2.45. The number of thioether (sulfide) groups is 1. The molecule has 7 nitrogen and oxygen atoms in total. The highest BCUT2D eigenvalue weighted by Gasteiger charge is 2.20. The third-order valence-corrected chi connectivity index (χ3v) is 5.12. The molecular formula is C18H29IN4O3S. The van der Waals surface area contributed by atoms with Crippen molar-refractivity contribution >= 4 is 47.4 Å². The molecule has 0 radical (unpaired) electrons. The Bertz CT molecular complexity index is 593. The van der Waals surface area contributed by atoms with E-state index in [1.807, 2.05) is 11.8 Å². The monoisotopic (exact) mass is 508 g/mol. The molecule has 1 aromatic carbocycles. The number of aliphatic hydroxyl groups excluding tert-OH is 1. The number of aliphatic hydroxyl groups is 1. The van der Waals surface area contributed by atoms with Crippen molar-refractivity contribution in [3.63, 3.8) is 0 Å². The maximum absolute atomic E-state index is 10.7. The van der Waals surface area contributed by atoms with Gasteiger partial charge in [0.15, 0.2) is 5.96 Å². The number of hydrogen-bond acceptors (Lipinski definition) is 5. The number of aliphatic imine (C=N–C) groups is 1. The molecule has 1 fully saturated rings. The van der Waals surface area contributed by atoms with Crippen molar-refractivity contribution in [1.29, 1.82) is 0 Å². The van der Waals surface area contributed by atoms with E-state index in [2.05, 4.69) is 21.9 Å². The summed E-state index contributed by atoms with van der Waals surface area (Å²) >= 11 is 1.82. The number of hydrogen-bond donors (Lipinski definition) is 3. The highest BCUT2D eigenvalue weighted by molar-refractivity contribution is 14.0. The van der Waals surface area contributed by atoms with Gasteiger partial charge in [0.2, 0.25) is 0 Å². The van der Waals surface area contributed by atoms with Crippen LogP contribution in [0.4, 0.5) is 5.69 Å². The van der Waals surface area contributed by atoms with E-state index in [4.69, 9.17) is 0 Å². The molecule has 0 aromatic heterocycles. The molecule has 2 rings (SSSR count). The summed E-state index contributed by atoms with van der Waals surface area (Å²) in [7, 11) is 0. The molecule has 1 saturated carbocycles. The number of nitrogens with one attached hydrogen (secondary N) is 2. The number of guanidine groups is 1. The van der Waals surface area contributed by atoms with Crippen LogP contribution in [-0.2, 0) is 6.54 Å². The predicted octanol–water partition coefficient (Wildman–Crippen LogP) is 3.30. The summed E-state index contributed by atoms with van der Waals surface area (Å²) in [6.45, 7) is 1.31. The van der Waals surface area contributed by atoms with Crippen LogP contribution in [0.2, 0.25) is 0 Å². The lowest BCUT2D eigenvalue weighted by molar-refractivity contribution is -0.384. The summed E-state index contributed by atoms with van der Waals surface area (Å²) in [6, 6.07) is 6.81.